The van der Waals surface area contributed by atoms with E-state index in [0.29, 0.717) is 12.8 Å². The van der Waals surface area contributed by atoms with Gasteiger partial charge in [-0.1, -0.05) is 72.8 Å². The Bertz CT molecular complexity index is 1060. The van der Waals surface area contributed by atoms with Gasteiger partial charge < -0.3 is 10.3 Å². The van der Waals surface area contributed by atoms with Gasteiger partial charge in [-0.25, -0.2) is 0 Å². The highest BCUT2D eigenvalue weighted by Crippen LogP contribution is 2.25. The first-order valence-corrected chi connectivity index (χ1v) is 9.20. The van der Waals surface area contributed by atoms with Crippen LogP contribution in [0.2, 0.25) is 0 Å². The van der Waals surface area contributed by atoms with Gasteiger partial charge in [0, 0.05) is 30.1 Å². The Morgan fingerprint density at radius 1 is 0.815 bits per heavy atom. The number of primary amides is 1. The summed E-state index contributed by atoms with van der Waals surface area (Å²) < 4.78 is 2.25. The Morgan fingerprint density at radius 3 is 2.22 bits per heavy atom. The molecule has 27 heavy (non-hydrogen) atoms. The average molecular weight is 354 g/mol. The Morgan fingerprint density at radius 2 is 1.48 bits per heavy atom. The summed E-state index contributed by atoms with van der Waals surface area (Å²) in [7, 11) is 0. The molecule has 2 N–H and O–H groups in total. The summed E-state index contributed by atoms with van der Waals surface area (Å²) in [6.45, 7) is 0.798. The molecule has 4 rings (SSSR count). The van der Waals surface area contributed by atoms with Crippen molar-refractivity contribution in [1.82, 2.24) is 4.57 Å². The largest absolute Gasteiger partial charge is 0.370 e. The van der Waals surface area contributed by atoms with E-state index in [0.717, 1.165) is 6.54 Å². The van der Waals surface area contributed by atoms with Crippen LogP contribution in [0.4, 0.5) is 0 Å². The first-order chi connectivity index (χ1) is 13.2. The fraction of sp³-hybridized carbons (Fsp3) is 0.125. The van der Waals surface area contributed by atoms with Crippen molar-refractivity contribution in [3.05, 3.63) is 96.2 Å². The molecule has 3 nitrogen and oxygen atoms in total. The summed E-state index contributed by atoms with van der Waals surface area (Å²) in [4.78, 5) is 11.2. The van der Waals surface area contributed by atoms with Crippen LogP contribution in [-0.2, 0) is 17.8 Å². The molecule has 0 aliphatic carbocycles. The van der Waals surface area contributed by atoms with Crippen LogP contribution in [0.15, 0.2) is 85.1 Å². The molecule has 0 saturated heterocycles. The number of aromatic nitrogens is 1. The maximum absolute atomic E-state index is 11.2. The van der Waals surface area contributed by atoms with Crippen LogP contribution in [0, 0.1) is 0 Å². The molecular weight excluding hydrogens is 332 g/mol. The normalized spacial score (nSPS) is 11.0. The third-order valence-electron chi connectivity index (χ3n) is 4.93. The third kappa shape index (κ3) is 3.77. The predicted molar refractivity (Wildman–Crippen MR) is 110 cm³/mol. The highest BCUT2D eigenvalue weighted by molar-refractivity contribution is 5.85. The number of nitrogens with two attached hydrogens (primary N) is 1. The molecule has 0 unspecified atom stereocenters. The lowest BCUT2D eigenvalue weighted by atomic mass is 10.0. The number of fused-ring (bicyclic) bond motifs is 1. The van der Waals surface area contributed by atoms with Crippen LogP contribution in [0.3, 0.4) is 0 Å². The second-order valence-electron chi connectivity index (χ2n) is 6.83. The molecule has 0 aliphatic rings. The summed E-state index contributed by atoms with van der Waals surface area (Å²) in [6, 6.07) is 27.4. The molecule has 0 saturated carbocycles. The molecule has 0 radical (unpaired) electrons. The fourth-order valence-electron chi connectivity index (χ4n) is 3.54. The first-order valence-electron chi connectivity index (χ1n) is 9.20. The highest BCUT2D eigenvalue weighted by Gasteiger charge is 2.09. The molecule has 134 valence electrons. The number of rotatable bonds is 6. The molecule has 1 heterocycles. The lowest BCUT2D eigenvalue weighted by Crippen LogP contribution is -2.11. The molecule has 1 aromatic heterocycles. The standard InChI is InChI=1S/C24H22N2O/c25-24(27)15-14-21-17-26(23-9-5-4-8-22(21)23)16-18-10-12-20(13-11-18)19-6-2-1-3-7-19/h1-13,17H,14-16H2,(H2,25,27). The van der Waals surface area contributed by atoms with Crippen molar-refractivity contribution in [3.8, 4) is 11.1 Å². The van der Waals surface area contributed by atoms with Crippen LogP contribution in [0.5, 0.6) is 0 Å². The minimum Gasteiger partial charge on any atom is -0.370 e. The van der Waals surface area contributed by atoms with Gasteiger partial charge in [0.25, 0.3) is 0 Å². The maximum atomic E-state index is 11.2. The van der Waals surface area contributed by atoms with Crippen molar-refractivity contribution in [1.29, 1.82) is 0 Å². The number of hydrogen-bond donors (Lipinski definition) is 1. The Labute approximate surface area is 159 Å². The van der Waals surface area contributed by atoms with Crippen molar-refractivity contribution in [2.24, 2.45) is 5.73 Å². The van der Waals surface area contributed by atoms with Gasteiger partial charge in [-0.2, -0.15) is 0 Å². The molecule has 1 amide bonds. The Kier molecular flexibility index (Phi) is 4.75. The van der Waals surface area contributed by atoms with Gasteiger partial charge in [-0.3, -0.25) is 4.79 Å². The van der Waals surface area contributed by atoms with E-state index in [9.17, 15) is 4.79 Å². The molecule has 0 spiro atoms. The summed E-state index contributed by atoms with van der Waals surface area (Å²) in [5.74, 6) is -0.261. The summed E-state index contributed by atoms with van der Waals surface area (Å²) >= 11 is 0. The second-order valence-corrected chi connectivity index (χ2v) is 6.83. The summed E-state index contributed by atoms with van der Waals surface area (Å²) in [6.07, 6.45) is 3.20. The van der Waals surface area contributed by atoms with Gasteiger partial charge in [0.15, 0.2) is 0 Å². The molecule has 3 aromatic carbocycles. The SMILES string of the molecule is NC(=O)CCc1cn(Cc2ccc(-c3ccccc3)cc2)c2ccccc12. The molecule has 0 fully saturated rings. The first kappa shape index (κ1) is 17.1. The van der Waals surface area contributed by atoms with Crippen molar-refractivity contribution >= 4 is 16.8 Å². The maximum Gasteiger partial charge on any atom is 0.217 e. The van der Waals surface area contributed by atoms with Crippen molar-refractivity contribution in [2.75, 3.05) is 0 Å². The predicted octanol–water partition coefficient (Wildman–Crippen LogP) is 4.77. The number of carbonyl (C=O) groups is 1. The second kappa shape index (κ2) is 7.50. The van der Waals surface area contributed by atoms with Gasteiger partial charge >= 0.3 is 0 Å². The quantitative estimate of drug-likeness (QED) is 0.532. The number of amides is 1. The zero-order valence-electron chi connectivity index (χ0n) is 15.1. The summed E-state index contributed by atoms with van der Waals surface area (Å²) in [5, 5.41) is 1.19. The zero-order chi connectivity index (χ0) is 18.6. The minimum absolute atomic E-state index is 0.261. The number of carbonyl (C=O) groups excluding carboxylic acids is 1. The monoisotopic (exact) mass is 354 g/mol. The topological polar surface area (TPSA) is 48.0 Å². The molecule has 3 heteroatoms. The Hall–Kier alpha value is -3.33. The minimum atomic E-state index is -0.261. The van der Waals surface area contributed by atoms with Crippen LogP contribution >= 0.6 is 0 Å². The molecule has 0 atom stereocenters. The number of aryl methyl sites for hydroxylation is 1. The molecule has 4 aromatic rings. The van der Waals surface area contributed by atoms with Crippen molar-refractivity contribution < 1.29 is 4.79 Å². The van der Waals surface area contributed by atoms with E-state index in [-0.39, 0.29) is 5.91 Å². The van der Waals surface area contributed by atoms with E-state index in [1.165, 1.54) is 33.2 Å². The lowest BCUT2D eigenvalue weighted by Gasteiger charge is -2.07. The molecule has 0 aliphatic heterocycles. The van der Waals surface area contributed by atoms with Gasteiger partial charge in [-0.05, 0) is 34.7 Å². The van der Waals surface area contributed by atoms with Crippen LogP contribution < -0.4 is 5.73 Å². The smallest absolute Gasteiger partial charge is 0.217 e. The lowest BCUT2D eigenvalue weighted by molar-refractivity contribution is -0.117. The number of para-hydroxylation sites is 1. The van der Waals surface area contributed by atoms with Crippen molar-refractivity contribution in [2.45, 2.75) is 19.4 Å². The fourth-order valence-corrected chi connectivity index (χ4v) is 3.54. The van der Waals surface area contributed by atoms with Gasteiger partial charge in [-0.15, -0.1) is 0 Å². The van der Waals surface area contributed by atoms with E-state index in [1.807, 2.05) is 12.1 Å². The van der Waals surface area contributed by atoms with Crippen LogP contribution in [-0.4, -0.2) is 10.5 Å². The van der Waals surface area contributed by atoms with Crippen LogP contribution in [0.25, 0.3) is 22.0 Å². The van der Waals surface area contributed by atoms with E-state index in [4.69, 9.17) is 5.73 Å². The van der Waals surface area contributed by atoms with Gasteiger partial charge in [0.1, 0.15) is 0 Å². The van der Waals surface area contributed by atoms with E-state index >= 15 is 0 Å². The van der Waals surface area contributed by atoms with Crippen LogP contribution in [0.1, 0.15) is 17.5 Å². The molecule has 0 bridgehead atoms. The van der Waals surface area contributed by atoms with E-state index < -0.39 is 0 Å². The van der Waals surface area contributed by atoms with E-state index in [2.05, 4.69) is 77.5 Å². The summed E-state index contributed by atoms with van der Waals surface area (Å²) in [5.41, 5.74) is 11.4. The van der Waals surface area contributed by atoms with Gasteiger partial charge in [0.05, 0.1) is 0 Å². The molecular formula is C24H22N2O. The zero-order valence-corrected chi connectivity index (χ0v) is 15.1. The number of benzene rings is 3. The van der Waals surface area contributed by atoms with E-state index in [1.54, 1.807) is 0 Å². The van der Waals surface area contributed by atoms with Crippen molar-refractivity contribution in [3.63, 3.8) is 0 Å². The number of nitrogens with zero attached hydrogens (tertiary/aromatic N) is 1. The Balaban J connectivity index is 1.60. The average Bonchev–Trinajstić information content (AvgIpc) is 3.05. The highest BCUT2D eigenvalue weighted by atomic mass is 16.1. The number of hydrogen-bond acceptors (Lipinski definition) is 1. The van der Waals surface area contributed by atoms with Gasteiger partial charge in [0.2, 0.25) is 5.91 Å². The third-order valence-corrected chi connectivity index (χ3v) is 4.93.